The minimum absolute atomic E-state index is 0.0124. The van der Waals surface area contributed by atoms with Gasteiger partial charge in [-0.1, -0.05) is 25.7 Å². The van der Waals surface area contributed by atoms with E-state index in [4.69, 9.17) is 0 Å². The average molecular weight is 295 g/mol. The Balaban J connectivity index is 2.21. The van der Waals surface area contributed by atoms with Crippen LogP contribution in [0.25, 0.3) is 0 Å². The molecule has 1 saturated carbocycles. The van der Waals surface area contributed by atoms with Crippen molar-refractivity contribution < 1.29 is 0 Å². The van der Waals surface area contributed by atoms with Crippen molar-refractivity contribution in [2.75, 3.05) is 24.7 Å². The van der Waals surface area contributed by atoms with Crippen LogP contribution in [0.2, 0.25) is 0 Å². The molecule has 1 aliphatic carbocycles. The van der Waals surface area contributed by atoms with E-state index in [9.17, 15) is 4.79 Å². The molecular weight excluding hydrogens is 270 g/mol. The van der Waals surface area contributed by atoms with E-state index in [1.165, 1.54) is 25.7 Å². The second kappa shape index (κ2) is 6.66. The molecule has 0 N–H and O–H groups in total. The second-order valence-electron chi connectivity index (χ2n) is 6.18. The third-order valence-electron chi connectivity index (χ3n) is 4.36. The number of nitrogens with zero attached hydrogens (tertiary/aromatic N) is 3. The van der Waals surface area contributed by atoms with Gasteiger partial charge in [0.05, 0.1) is 18.4 Å². The summed E-state index contributed by atoms with van der Waals surface area (Å²) in [6, 6.07) is 1.66. The summed E-state index contributed by atoms with van der Waals surface area (Å²) in [5.74, 6) is 0.830. The van der Waals surface area contributed by atoms with Gasteiger partial charge in [0.1, 0.15) is 0 Å². The maximum atomic E-state index is 12.2. The number of aromatic nitrogens is 2. The smallest absolute Gasteiger partial charge is 0.268 e. The summed E-state index contributed by atoms with van der Waals surface area (Å²) in [5.41, 5.74) is 0.976. The predicted molar refractivity (Wildman–Crippen MR) is 86.8 cm³/mol. The van der Waals surface area contributed by atoms with Crippen LogP contribution < -0.4 is 10.5 Å². The van der Waals surface area contributed by atoms with Crippen LogP contribution in [-0.4, -0.2) is 29.6 Å². The highest BCUT2D eigenvalue weighted by molar-refractivity contribution is 7.80. The topological polar surface area (TPSA) is 38.1 Å². The monoisotopic (exact) mass is 295 g/mol. The van der Waals surface area contributed by atoms with Crippen molar-refractivity contribution in [1.82, 2.24) is 9.78 Å². The van der Waals surface area contributed by atoms with Crippen LogP contribution in [0.15, 0.2) is 17.1 Å². The van der Waals surface area contributed by atoms with Gasteiger partial charge in [0.15, 0.2) is 0 Å². The Hall–Kier alpha value is -0.970. The lowest BCUT2D eigenvalue weighted by atomic mass is 9.82. The molecule has 0 atom stereocenters. The quantitative estimate of drug-likeness (QED) is 0.685. The fourth-order valence-corrected chi connectivity index (χ4v) is 3.37. The molecule has 0 unspecified atom stereocenters. The van der Waals surface area contributed by atoms with Crippen LogP contribution >= 0.6 is 12.6 Å². The molecule has 20 heavy (non-hydrogen) atoms. The molecule has 0 spiro atoms. The Morgan fingerprint density at radius 3 is 2.45 bits per heavy atom. The highest BCUT2D eigenvalue weighted by Gasteiger charge is 2.30. The molecule has 1 fully saturated rings. The fraction of sp³-hybridized carbons (Fsp3) is 0.733. The molecule has 2 rings (SSSR count). The van der Waals surface area contributed by atoms with E-state index in [2.05, 4.69) is 17.7 Å². The SMILES string of the molecule is CN(C)c1cnn(CC2(CS)CCCCCC2)c(=O)c1. The second-order valence-corrected chi connectivity index (χ2v) is 6.49. The van der Waals surface area contributed by atoms with Crippen LogP contribution in [-0.2, 0) is 6.54 Å². The summed E-state index contributed by atoms with van der Waals surface area (Å²) in [7, 11) is 3.84. The Kier molecular flexibility index (Phi) is 5.13. The Bertz CT molecular complexity index is 490. The van der Waals surface area contributed by atoms with E-state index < -0.39 is 0 Å². The molecule has 1 aromatic heterocycles. The van der Waals surface area contributed by atoms with Gasteiger partial charge in [-0.15, -0.1) is 0 Å². The minimum Gasteiger partial charge on any atom is -0.376 e. The van der Waals surface area contributed by atoms with Crippen molar-refractivity contribution in [2.45, 2.75) is 45.1 Å². The molecule has 0 amide bonds. The Morgan fingerprint density at radius 2 is 1.95 bits per heavy atom. The summed E-state index contributed by atoms with van der Waals surface area (Å²) in [6.07, 6.45) is 9.16. The van der Waals surface area contributed by atoms with Gasteiger partial charge in [-0.2, -0.15) is 17.7 Å². The van der Waals surface area contributed by atoms with Gasteiger partial charge >= 0.3 is 0 Å². The number of thiol groups is 1. The molecule has 4 nitrogen and oxygen atoms in total. The molecule has 0 aliphatic heterocycles. The van der Waals surface area contributed by atoms with E-state index in [1.54, 1.807) is 16.9 Å². The first-order valence-electron chi connectivity index (χ1n) is 7.42. The van der Waals surface area contributed by atoms with E-state index in [0.29, 0.717) is 6.54 Å². The van der Waals surface area contributed by atoms with E-state index in [1.807, 2.05) is 19.0 Å². The molecule has 1 aliphatic rings. The number of rotatable bonds is 4. The van der Waals surface area contributed by atoms with Crippen molar-refractivity contribution in [1.29, 1.82) is 0 Å². The maximum absolute atomic E-state index is 12.2. The fourth-order valence-electron chi connectivity index (χ4n) is 2.95. The molecule has 1 heterocycles. The van der Waals surface area contributed by atoms with Crippen LogP contribution in [0.4, 0.5) is 5.69 Å². The first kappa shape index (κ1) is 15.4. The van der Waals surface area contributed by atoms with Gasteiger partial charge in [0.25, 0.3) is 5.56 Å². The number of hydrogen-bond acceptors (Lipinski definition) is 4. The van der Waals surface area contributed by atoms with Crippen LogP contribution in [0.5, 0.6) is 0 Å². The standard InChI is InChI=1S/C15H25N3OS/c1-17(2)13-9-14(19)18(16-10-13)11-15(12-20)7-5-3-4-6-8-15/h9-10,20H,3-8,11-12H2,1-2H3. The summed E-state index contributed by atoms with van der Waals surface area (Å²) >= 11 is 4.56. The van der Waals surface area contributed by atoms with Crippen molar-refractivity contribution >= 4 is 18.3 Å². The normalized spacial score (nSPS) is 18.6. The first-order valence-corrected chi connectivity index (χ1v) is 8.05. The number of hydrogen-bond donors (Lipinski definition) is 1. The molecule has 0 bridgehead atoms. The van der Waals surface area contributed by atoms with Crippen molar-refractivity contribution in [3.8, 4) is 0 Å². The molecule has 5 heteroatoms. The van der Waals surface area contributed by atoms with Crippen molar-refractivity contribution in [3.05, 3.63) is 22.6 Å². The van der Waals surface area contributed by atoms with Crippen molar-refractivity contribution in [3.63, 3.8) is 0 Å². The third-order valence-corrected chi connectivity index (χ3v) is 5.03. The van der Waals surface area contributed by atoms with Gasteiger partial charge in [-0.05, 0) is 24.0 Å². The van der Waals surface area contributed by atoms with E-state index >= 15 is 0 Å². The molecule has 0 aromatic carbocycles. The van der Waals surface area contributed by atoms with Crippen LogP contribution in [0, 0.1) is 5.41 Å². The van der Waals surface area contributed by atoms with E-state index in [-0.39, 0.29) is 11.0 Å². The predicted octanol–water partition coefficient (Wildman–Crippen LogP) is 2.58. The summed E-state index contributed by atoms with van der Waals surface area (Å²) in [6.45, 7) is 0.697. The van der Waals surface area contributed by atoms with Crippen LogP contribution in [0.1, 0.15) is 38.5 Å². The summed E-state index contributed by atoms with van der Waals surface area (Å²) in [4.78, 5) is 14.1. The van der Waals surface area contributed by atoms with E-state index in [0.717, 1.165) is 24.3 Å². The van der Waals surface area contributed by atoms with Gasteiger partial charge < -0.3 is 4.90 Å². The third kappa shape index (κ3) is 3.57. The highest BCUT2D eigenvalue weighted by Crippen LogP contribution is 2.37. The zero-order chi connectivity index (χ0) is 14.6. The first-order chi connectivity index (χ1) is 9.56. The molecule has 0 saturated heterocycles. The lowest BCUT2D eigenvalue weighted by Gasteiger charge is -2.31. The maximum Gasteiger partial charge on any atom is 0.268 e. The highest BCUT2D eigenvalue weighted by atomic mass is 32.1. The minimum atomic E-state index is -0.0124. The lowest BCUT2D eigenvalue weighted by molar-refractivity contribution is 0.226. The van der Waals surface area contributed by atoms with Gasteiger partial charge in [-0.25, -0.2) is 4.68 Å². The Labute approximate surface area is 126 Å². The Morgan fingerprint density at radius 1 is 1.30 bits per heavy atom. The molecule has 112 valence electrons. The average Bonchev–Trinajstić information content (AvgIpc) is 2.67. The molecular formula is C15H25N3OS. The molecule has 0 radical (unpaired) electrons. The van der Waals surface area contributed by atoms with Gasteiger partial charge in [-0.3, -0.25) is 4.79 Å². The number of anilines is 1. The van der Waals surface area contributed by atoms with Gasteiger partial charge in [0.2, 0.25) is 0 Å². The molecule has 1 aromatic rings. The summed E-state index contributed by atoms with van der Waals surface area (Å²) in [5, 5.41) is 4.35. The zero-order valence-corrected chi connectivity index (χ0v) is 13.4. The van der Waals surface area contributed by atoms with Gasteiger partial charge in [0, 0.05) is 20.2 Å². The lowest BCUT2D eigenvalue weighted by Crippen LogP contribution is -2.35. The van der Waals surface area contributed by atoms with Crippen molar-refractivity contribution in [2.24, 2.45) is 5.41 Å². The van der Waals surface area contributed by atoms with Crippen LogP contribution in [0.3, 0.4) is 0 Å². The largest absolute Gasteiger partial charge is 0.376 e. The summed E-state index contributed by atoms with van der Waals surface area (Å²) < 4.78 is 1.62. The zero-order valence-electron chi connectivity index (χ0n) is 12.5.